The lowest BCUT2D eigenvalue weighted by Crippen LogP contribution is -2.02. The van der Waals surface area contributed by atoms with Gasteiger partial charge in [0.2, 0.25) is 0 Å². The Morgan fingerprint density at radius 3 is 2.67 bits per heavy atom. The maximum Gasteiger partial charge on any atom is 0.123 e. The molecule has 2 N–H and O–H groups in total. The van der Waals surface area contributed by atoms with E-state index in [2.05, 4.69) is 10.3 Å². The lowest BCUT2D eigenvalue weighted by atomic mass is 10.1. The number of hydrogen-bond acceptors (Lipinski definition) is 4. The average Bonchev–Trinajstić information content (AvgIpc) is 2.87. The lowest BCUT2D eigenvalue weighted by molar-refractivity contribution is 0.273. The third-order valence-electron chi connectivity index (χ3n) is 2.89. The molecular weight excluding hydrogens is 230 g/mol. The number of nitrogens with zero attached hydrogens (tertiary/aromatic N) is 3. The number of fused-ring (bicyclic) bond motifs is 1. The van der Waals surface area contributed by atoms with Crippen LogP contribution < -0.4 is 0 Å². The van der Waals surface area contributed by atoms with Crippen molar-refractivity contribution in [3.8, 4) is 11.4 Å². The van der Waals surface area contributed by atoms with Gasteiger partial charge in [0, 0.05) is 10.8 Å². The zero-order valence-electron chi connectivity index (χ0n) is 9.48. The molecule has 90 valence electrons. The van der Waals surface area contributed by atoms with Crippen LogP contribution >= 0.6 is 0 Å². The quantitative estimate of drug-likeness (QED) is 0.715. The van der Waals surface area contributed by atoms with Crippen molar-refractivity contribution in [2.75, 3.05) is 0 Å². The predicted octanol–water partition coefficient (Wildman–Crippen LogP) is 1.62. The van der Waals surface area contributed by atoms with E-state index >= 15 is 0 Å². The molecule has 5 heteroatoms. The van der Waals surface area contributed by atoms with E-state index < -0.39 is 0 Å². The highest BCUT2D eigenvalue weighted by Gasteiger charge is 2.09. The molecule has 0 saturated carbocycles. The van der Waals surface area contributed by atoms with Gasteiger partial charge < -0.3 is 10.2 Å². The Bertz CT molecular complexity index is 706. The third-order valence-corrected chi connectivity index (χ3v) is 2.89. The maximum absolute atomic E-state index is 9.82. The van der Waals surface area contributed by atoms with Gasteiger partial charge in [0.15, 0.2) is 0 Å². The van der Waals surface area contributed by atoms with Crippen LogP contribution in [0.15, 0.2) is 42.6 Å². The van der Waals surface area contributed by atoms with Crippen LogP contribution in [-0.4, -0.2) is 25.2 Å². The fraction of sp³-hybridized carbons (Fsp3) is 0.0769. The second kappa shape index (κ2) is 4.12. The smallest absolute Gasteiger partial charge is 0.123 e. The molecule has 0 spiro atoms. The summed E-state index contributed by atoms with van der Waals surface area (Å²) in [6.45, 7) is -0.137. The van der Waals surface area contributed by atoms with Crippen LogP contribution in [0.3, 0.4) is 0 Å². The van der Waals surface area contributed by atoms with Crippen molar-refractivity contribution in [2.24, 2.45) is 0 Å². The number of rotatable bonds is 2. The van der Waals surface area contributed by atoms with Gasteiger partial charge in [-0.2, -0.15) is 0 Å². The number of phenolic OH excluding ortho intramolecular Hbond substituents is 1. The van der Waals surface area contributed by atoms with Crippen molar-refractivity contribution in [1.82, 2.24) is 15.0 Å². The number of hydrogen-bond donors (Lipinski definition) is 2. The van der Waals surface area contributed by atoms with Crippen LogP contribution in [0.25, 0.3) is 16.5 Å². The van der Waals surface area contributed by atoms with E-state index in [4.69, 9.17) is 0 Å². The van der Waals surface area contributed by atoms with Gasteiger partial charge >= 0.3 is 0 Å². The monoisotopic (exact) mass is 241 g/mol. The van der Waals surface area contributed by atoms with Gasteiger partial charge in [0.1, 0.15) is 5.75 Å². The first kappa shape index (κ1) is 10.7. The van der Waals surface area contributed by atoms with E-state index in [9.17, 15) is 10.2 Å². The van der Waals surface area contributed by atoms with E-state index in [0.29, 0.717) is 5.69 Å². The Balaban J connectivity index is 2.33. The Morgan fingerprint density at radius 2 is 1.83 bits per heavy atom. The van der Waals surface area contributed by atoms with E-state index in [1.165, 1.54) is 6.20 Å². The molecule has 2 aromatic carbocycles. The summed E-state index contributed by atoms with van der Waals surface area (Å²) < 4.78 is 1.57. The second-order valence-corrected chi connectivity index (χ2v) is 3.94. The maximum atomic E-state index is 9.82. The molecule has 0 aliphatic rings. The number of aliphatic hydroxyl groups is 1. The number of aliphatic hydroxyl groups excluding tert-OH is 1. The Morgan fingerprint density at radius 1 is 1.06 bits per heavy atom. The fourth-order valence-corrected chi connectivity index (χ4v) is 2.03. The minimum Gasteiger partial charge on any atom is -0.507 e. The average molecular weight is 241 g/mol. The molecule has 0 amide bonds. The minimum absolute atomic E-state index is 0.137. The zero-order valence-corrected chi connectivity index (χ0v) is 9.48. The largest absolute Gasteiger partial charge is 0.507 e. The summed E-state index contributed by atoms with van der Waals surface area (Å²) in [5.41, 5.74) is 1.38. The van der Waals surface area contributed by atoms with Crippen LogP contribution in [-0.2, 0) is 6.61 Å². The summed E-state index contributed by atoms with van der Waals surface area (Å²) in [6, 6.07) is 10.9. The first-order chi connectivity index (χ1) is 8.81. The topological polar surface area (TPSA) is 71.2 Å². The van der Waals surface area contributed by atoms with Crippen LogP contribution in [0.2, 0.25) is 0 Å². The molecule has 0 fully saturated rings. The van der Waals surface area contributed by atoms with Crippen LogP contribution in [0.4, 0.5) is 0 Å². The Labute approximate surface area is 103 Å². The normalized spacial score (nSPS) is 10.9. The number of aromatic hydroxyl groups is 1. The molecule has 0 atom stereocenters. The molecule has 1 aromatic heterocycles. The highest BCUT2D eigenvalue weighted by molar-refractivity contribution is 5.94. The van der Waals surface area contributed by atoms with Crippen molar-refractivity contribution in [3.05, 3.63) is 48.3 Å². The van der Waals surface area contributed by atoms with Crippen molar-refractivity contribution >= 4 is 10.8 Å². The summed E-state index contributed by atoms with van der Waals surface area (Å²) in [7, 11) is 0. The summed E-state index contributed by atoms with van der Waals surface area (Å²) in [6.07, 6.45) is 1.52. The van der Waals surface area contributed by atoms with Gasteiger partial charge in [-0.15, -0.1) is 5.10 Å². The Hall–Kier alpha value is -2.40. The number of aromatic nitrogens is 3. The molecule has 0 radical (unpaired) electrons. The molecule has 0 unspecified atom stereocenters. The summed E-state index contributed by atoms with van der Waals surface area (Å²) >= 11 is 0. The lowest BCUT2D eigenvalue weighted by Gasteiger charge is -2.09. The van der Waals surface area contributed by atoms with E-state index in [1.54, 1.807) is 16.8 Å². The molecule has 18 heavy (non-hydrogen) atoms. The first-order valence-electron chi connectivity index (χ1n) is 5.53. The summed E-state index contributed by atoms with van der Waals surface area (Å²) in [5.74, 6) is 0.222. The van der Waals surface area contributed by atoms with Crippen molar-refractivity contribution < 1.29 is 10.2 Å². The van der Waals surface area contributed by atoms with Gasteiger partial charge in [-0.05, 0) is 12.1 Å². The molecule has 0 bridgehead atoms. The number of phenols is 1. The van der Waals surface area contributed by atoms with Gasteiger partial charge in [-0.1, -0.05) is 29.5 Å². The molecule has 1 heterocycles. The SMILES string of the molecule is OCc1cnnn1-c1cccc2c(O)cccc12. The molecule has 3 aromatic rings. The minimum atomic E-state index is -0.137. The highest BCUT2D eigenvalue weighted by Crippen LogP contribution is 2.28. The molecular formula is C13H11N3O2. The van der Waals surface area contributed by atoms with E-state index in [1.807, 2.05) is 24.3 Å². The summed E-state index contributed by atoms with van der Waals surface area (Å²) in [5, 5.41) is 28.4. The first-order valence-corrected chi connectivity index (χ1v) is 5.53. The van der Waals surface area contributed by atoms with Gasteiger partial charge in [0.05, 0.1) is 24.2 Å². The van der Waals surface area contributed by atoms with Crippen molar-refractivity contribution in [3.63, 3.8) is 0 Å². The van der Waals surface area contributed by atoms with Crippen molar-refractivity contribution in [2.45, 2.75) is 6.61 Å². The molecule has 0 aliphatic carbocycles. The molecule has 3 rings (SSSR count). The van der Waals surface area contributed by atoms with Gasteiger partial charge in [0.25, 0.3) is 0 Å². The zero-order chi connectivity index (χ0) is 12.5. The standard InChI is InChI=1S/C13H11N3O2/c17-8-9-7-14-15-16(9)12-5-1-4-11-10(12)3-2-6-13(11)18/h1-7,17-18H,8H2. The molecule has 5 nitrogen and oxygen atoms in total. The fourth-order valence-electron chi connectivity index (χ4n) is 2.03. The van der Waals surface area contributed by atoms with Crippen LogP contribution in [0, 0.1) is 0 Å². The van der Waals surface area contributed by atoms with E-state index in [-0.39, 0.29) is 12.4 Å². The third kappa shape index (κ3) is 1.53. The van der Waals surface area contributed by atoms with Crippen molar-refractivity contribution in [1.29, 1.82) is 0 Å². The van der Waals surface area contributed by atoms with Crippen LogP contribution in [0.5, 0.6) is 5.75 Å². The highest BCUT2D eigenvalue weighted by atomic mass is 16.3. The molecule has 0 aliphatic heterocycles. The Kier molecular flexibility index (Phi) is 2.46. The van der Waals surface area contributed by atoms with Gasteiger partial charge in [-0.3, -0.25) is 0 Å². The molecule has 0 saturated heterocycles. The predicted molar refractivity (Wildman–Crippen MR) is 66.5 cm³/mol. The second-order valence-electron chi connectivity index (χ2n) is 3.94. The van der Waals surface area contributed by atoms with E-state index in [0.717, 1.165) is 16.5 Å². The van der Waals surface area contributed by atoms with Crippen LogP contribution in [0.1, 0.15) is 5.69 Å². The van der Waals surface area contributed by atoms with Gasteiger partial charge in [-0.25, -0.2) is 4.68 Å². The summed E-state index contributed by atoms with van der Waals surface area (Å²) in [4.78, 5) is 0. The number of benzene rings is 2.